The summed E-state index contributed by atoms with van der Waals surface area (Å²) in [7, 11) is 0. The summed E-state index contributed by atoms with van der Waals surface area (Å²) in [5.41, 5.74) is 17.8. The van der Waals surface area contributed by atoms with Gasteiger partial charge in [0, 0.05) is 75.9 Å². The molecule has 0 saturated carbocycles. The van der Waals surface area contributed by atoms with Gasteiger partial charge in [0.2, 0.25) is 23.6 Å². The lowest BCUT2D eigenvalue weighted by atomic mass is 10.1. The predicted molar refractivity (Wildman–Crippen MR) is 248 cm³/mol. The second kappa shape index (κ2) is 26.3. The van der Waals surface area contributed by atoms with Crippen LogP contribution in [0.5, 0.6) is 0 Å². The molecule has 13 N–H and O–H groups in total. The van der Waals surface area contributed by atoms with Crippen LogP contribution >= 0.6 is 31.9 Å². The van der Waals surface area contributed by atoms with E-state index in [1.807, 2.05) is 36.4 Å². The van der Waals surface area contributed by atoms with Gasteiger partial charge in [-0.3, -0.25) is 19.2 Å². The van der Waals surface area contributed by atoms with E-state index in [9.17, 15) is 39.4 Å². The molecule has 4 amide bonds. The van der Waals surface area contributed by atoms with Gasteiger partial charge in [-0.25, -0.2) is 30.2 Å². The maximum Gasteiger partial charge on any atom is 0.251 e. The molecule has 64 heavy (non-hydrogen) atoms. The third-order valence-electron chi connectivity index (χ3n) is 9.67. The number of rotatable bonds is 27. The fourth-order valence-electron chi connectivity index (χ4n) is 6.62. The highest BCUT2D eigenvalue weighted by Crippen LogP contribution is 2.24. The van der Waals surface area contributed by atoms with Crippen LogP contribution in [-0.2, 0) is 32.0 Å². The van der Waals surface area contributed by atoms with E-state index in [1.165, 1.54) is 0 Å². The van der Waals surface area contributed by atoms with Gasteiger partial charge in [-0.1, -0.05) is 49.1 Å². The Bertz CT molecular complexity index is 2140. The summed E-state index contributed by atoms with van der Waals surface area (Å²) in [6.45, 7) is 1.93. The number of amides is 4. The van der Waals surface area contributed by atoms with E-state index in [0.29, 0.717) is 38.9 Å². The summed E-state index contributed by atoms with van der Waals surface area (Å²) in [4.78, 5) is 88.0. The zero-order chi connectivity index (χ0) is 46.4. The number of carbonyl (C=O) groups excluding carboxylic acids is 4. The number of nitro groups is 2. The lowest BCUT2D eigenvalue weighted by molar-refractivity contribution is -0.525. The molecule has 0 radical (unpaired) electrons. The molecular weight excluding hydrogens is 966 g/mol. The number of aliphatic imine (C=N–C) groups is 2. The number of fused-ring (bicyclic) bond motifs is 2. The number of nitrogens with zero attached hydrogens (tertiary/aromatic N) is 4. The number of benzene rings is 2. The molecule has 2 heterocycles. The largest absolute Gasteiger partial charge is 0.365 e. The van der Waals surface area contributed by atoms with E-state index in [1.54, 1.807) is 23.2 Å². The minimum absolute atomic E-state index is 0.0322. The molecule has 0 aliphatic heterocycles. The number of halogens is 2. The molecule has 346 valence electrons. The summed E-state index contributed by atoms with van der Waals surface area (Å²) in [5.74, 6) is -2.20. The zero-order valence-electron chi connectivity index (χ0n) is 34.8. The smallest absolute Gasteiger partial charge is 0.251 e. The summed E-state index contributed by atoms with van der Waals surface area (Å²) in [6.07, 6.45) is 6.85. The standard InChI is InChI=1S/C39H53Br2N15O8/c40-26-8-10-30-28(20-26)24(22-49-30)18-34(57)51-32(6-4-14-47-38(42)53-55(61)62)36(59)45-13-3-1-2-12-44-16-17-46-37(60)33(7-5-15-48-39(43)54-56(63)64)52-35(58)19-25-23-50-31-11-9-27(41)21-29(25)31/h8-11,20-23,32-33,44,49-50H,1-7,12-19H2,(H,45,59)(H,46,60)(H,51,57)(H,52,58)(H3,42,47,53)(H3,43,48,54)/t32-,33-/m1/s1. The molecule has 2 aromatic carbocycles. The first-order valence-corrected chi connectivity index (χ1v) is 22.0. The van der Waals surface area contributed by atoms with Crippen molar-refractivity contribution in [2.24, 2.45) is 21.5 Å². The Morgan fingerprint density at radius 2 is 1.09 bits per heavy atom. The van der Waals surface area contributed by atoms with Crippen molar-refractivity contribution in [1.82, 2.24) is 47.4 Å². The number of nitrogens with one attached hydrogen (secondary N) is 9. The first-order chi connectivity index (χ1) is 30.7. The Morgan fingerprint density at radius 1 is 0.641 bits per heavy atom. The number of H-pyrrole nitrogens is 2. The van der Waals surface area contributed by atoms with Crippen molar-refractivity contribution >= 4 is 89.2 Å². The number of nitrogens with two attached hydrogens (primary N) is 2. The molecule has 2 aromatic heterocycles. The second-order valence-electron chi connectivity index (χ2n) is 14.6. The van der Waals surface area contributed by atoms with Crippen molar-refractivity contribution in [3.8, 4) is 0 Å². The molecule has 0 aliphatic carbocycles. The zero-order valence-corrected chi connectivity index (χ0v) is 38.0. The average molecular weight is 1020 g/mol. The van der Waals surface area contributed by atoms with E-state index < -0.39 is 28.1 Å². The van der Waals surface area contributed by atoms with Crippen molar-refractivity contribution in [1.29, 1.82) is 0 Å². The number of aromatic nitrogens is 2. The fraction of sp³-hybridized carbons (Fsp3) is 0.436. The summed E-state index contributed by atoms with van der Waals surface area (Å²) < 4.78 is 1.72. The summed E-state index contributed by atoms with van der Waals surface area (Å²) in [5, 5.41) is 35.9. The topological polar surface area (TPSA) is 347 Å². The quantitative estimate of drug-likeness (QED) is 0.0133. The Hall–Kier alpha value is -6.34. The fourth-order valence-corrected chi connectivity index (χ4v) is 7.35. The monoisotopic (exact) mass is 1020 g/mol. The van der Waals surface area contributed by atoms with Gasteiger partial charge in [-0.05, 0) is 92.6 Å². The minimum atomic E-state index is -0.889. The number of hydrazine groups is 2. The van der Waals surface area contributed by atoms with Gasteiger partial charge in [-0.15, -0.1) is 0 Å². The number of hydrogen-bond acceptors (Lipinski definition) is 11. The van der Waals surface area contributed by atoms with Crippen LogP contribution in [0.15, 0.2) is 67.7 Å². The van der Waals surface area contributed by atoms with Crippen LogP contribution in [0.4, 0.5) is 0 Å². The molecule has 2 atom stereocenters. The van der Waals surface area contributed by atoms with Crippen molar-refractivity contribution in [3.63, 3.8) is 0 Å². The van der Waals surface area contributed by atoms with Crippen LogP contribution in [-0.4, -0.2) is 107 Å². The van der Waals surface area contributed by atoms with E-state index in [-0.39, 0.29) is 75.0 Å². The predicted octanol–water partition coefficient (Wildman–Crippen LogP) is 1.67. The van der Waals surface area contributed by atoms with E-state index in [2.05, 4.69) is 78.4 Å². The van der Waals surface area contributed by atoms with E-state index in [4.69, 9.17) is 11.5 Å². The van der Waals surface area contributed by atoms with Gasteiger partial charge in [0.25, 0.3) is 11.9 Å². The number of carbonyl (C=O) groups is 4. The number of guanidine groups is 2. The SMILES string of the molecule is NC(=NCCC[C@@H](NC(=O)Cc1c[nH]c2ccc(Br)cc12)C(=O)NCCCCCNCCNC(=O)[C@@H](CCCN=C(N)N[N+](=O)[O-])NC(=O)Cc1c[nH]c2ccc(Br)cc12)N[N+](=O)[O-]. The molecule has 4 aromatic rings. The molecule has 0 saturated heterocycles. The molecular formula is C39H53Br2N15O8. The Morgan fingerprint density at radius 3 is 1.56 bits per heavy atom. The highest BCUT2D eigenvalue weighted by atomic mass is 79.9. The molecule has 25 heteroatoms. The van der Waals surface area contributed by atoms with Crippen LogP contribution in [0.2, 0.25) is 0 Å². The summed E-state index contributed by atoms with van der Waals surface area (Å²) in [6, 6.07) is 9.62. The van der Waals surface area contributed by atoms with Crippen LogP contribution in [0.1, 0.15) is 56.1 Å². The van der Waals surface area contributed by atoms with E-state index >= 15 is 0 Å². The Kier molecular flexibility index (Phi) is 20.7. The van der Waals surface area contributed by atoms with Gasteiger partial charge >= 0.3 is 0 Å². The van der Waals surface area contributed by atoms with Crippen LogP contribution in [0.3, 0.4) is 0 Å². The van der Waals surface area contributed by atoms with E-state index in [0.717, 1.165) is 54.7 Å². The third kappa shape index (κ3) is 17.8. The van der Waals surface area contributed by atoms with Gasteiger partial charge < -0.3 is 48.0 Å². The minimum Gasteiger partial charge on any atom is -0.365 e. The summed E-state index contributed by atoms with van der Waals surface area (Å²) >= 11 is 6.91. The molecule has 23 nitrogen and oxygen atoms in total. The molecule has 0 fully saturated rings. The molecule has 0 unspecified atom stereocenters. The second-order valence-corrected chi connectivity index (χ2v) is 16.4. The highest BCUT2D eigenvalue weighted by molar-refractivity contribution is 9.10. The third-order valence-corrected chi connectivity index (χ3v) is 10.7. The van der Waals surface area contributed by atoms with Crippen molar-refractivity contribution in [2.75, 3.05) is 39.3 Å². The van der Waals surface area contributed by atoms with Crippen LogP contribution in [0, 0.1) is 20.2 Å². The number of unbranched alkanes of at least 4 members (excludes halogenated alkanes) is 2. The average Bonchev–Trinajstić information content (AvgIpc) is 3.82. The maximum atomic E-state index is 13.2. The number of aromatic amines is 2. The van der Waals surface area contributed by atoms with Crippen LogP contribution < -0.4 is 48.9 Å². The van der Waals surface area contributed by atoms with Gasteiger partial charge in [0.15, 0.2) is 10.1 Å². The Balaban J connectivity index is 1.18. The normalized spacial score (nSPS) is 12.7. The number of hydrogen-bond donors (Lipinski definition) is 11. The molecule has 0 spiro atoms. The first-order valence-electron chi connectivity index (χ1n) is 20.5. The van der Waals surface area contributed by atoms with Crippen LogP contribution in [0.25, 0.3) is 21.8 Å². The Labute approximate surface area is 384 Å². The lowest BCUT2D eigenvalue weighted by Crippen LogP contribution is -2.48. The van der Waals surface area contributed by atoms with Gasteiger partial charge in [0.05, 0.1) is 12.8 Å². The van der Waals surface area contributed by atoms with Gasteiger partial charge in [-0.2, -0.15) is 0 Å². The highest BCUT2D eigenvalue weighted by Gasteiger charge is 2.23. The van der Waals surface area contributed by atoms with Gasteiger partial charge in [0.1, 0.15) is 12.1 Å². The lowest BCUT2D eigenvalue weighted by Gasteiger charge is -2.19. The van der Waals surface area contributed by atoms with Crippen molar-refractivity contribution in [3.05, 3.63) is 89.1 Å². The molecule has 0 aliphatic rings. The first kappa shape index (κ1) is 50.3. The molecule has 0 bridgehead atoms. The maximum absolute atomic E-state index is 13.2. The van der Waals surface area contributed by atoms with Crippen molar-refractivity contribution < 1.29 is 29.2 Å². The molecule has 4 rings (SSSR count). The van der Waals surface area contributed by atoms with Crippen molar-refractivity contribution in [2.45, 2.75) is 69.9 Å².